The number of hydrogen-bond donors (Lipinski definition) is 3. The predicted molar refractivity (Wildman–Crippen MR) is 86.8 cm³/mol. The predicted octanol–water partition coefficient (Wildman–Crippen LogP) is 2.57. The Morgan fingerprint density at radius 1 is 0.955 bits per heavy atom. The topological polar surface area (TPSA) is 68.5 Å². The van der Waals surface area contributed by atoms with Crippen LogP contribution in [0.1, 0.15) is 29.6 Å². The summed E-state index contributed by atoms with van der Waals surface area (Å²) >= 11 is 0. The van der Waals surface area contributed by atoms with E-state index >= 15 is 0 Å². The van der Waals surface area contributed by atoms with E-state index in [0.29, 0.717) is 0 Å². The van der Waals surface area contributed by atoms with E-state index in [1.54, 1.807) is 14.2 Å². The molecule has 0 radical (unpaired) electrons. The quantitative estimate of drug-likeness (QED) is 0.757. The summed E-state index contributed by atoms with van der Waals surface area (Å²) < 4.78 is 10.7. The van der Waals surface area contributed by atoms with Crippen molar-refractivity contribution in [3.05, 3.63) is 53.6 Å². The first-order valence-electron chi connectivity index (χ1n) is 7.29. The lowest BCUT2D eigenvalue weighted by Crippen LogP contribution is -2.26. The van der Waals surface area contributed by atoms with Gasteiger partial charge in [0, 0.05) is 23.4 Å². The number of anilines is 1. The number of methoxy groups -OCH3 is 2. The molecule has 0 bridgehead atoms. The van der Waals surface area contributed by atoms with Crippen LogP contribution in [0.25, 0.3) is 0 Å². The molecule has 0 saturated carbocycles. The fraction of sp³-hybridized carbons (Fsp3) is 0.294. The van der Waals surface area contributed by atoms with Gasteiger partial charge < -0.3 is 15.2 Å². The Morgan fingerprint density at radius 2 is 1.68 bits per heavy atom. The number of ether oxygens (including phenoxy) is 2. The summed E-state index contributed by atoms with van der Waals surface area (Å²) in [5.74, 6) is 1.62. The first-order chi connectivity index (χ1) is 10.7. The highest BCUT2D eigenvalue weighted by Gasteiger charge is 2.28. The minimum atomic E-state index is 0.184. The number of benzene rings is 2. The van der Waals surface area contributed by atoms with Gasteiger partial charge >= 0.3 is 0 Å². The molecule has 5 nitrogen and oxygen atoms in total. The maximum atomic E-state index is 5.74. The van der Waals surface area contributed by atoms with Gasteiger partial charge in [0.05, 0.1) is 20.3 Å². The molecule has 0 amide bonds. The normalized spacial score (nSPS) is 20.8. The maximum Gasteiger partial charge on any atom is 0.127 e. The number of hydrazine groups is 1. The molecule has 5 heteroatoms. The van der Waals surface area contributed by atoms with Crippen LogP contribution in [0.5, 0.6) is 11.5 Å². The van der Waals surface area contributed by atoms with E-state index in [1.807, 2.05) is 30.3 Å². The Balaban J connectivity index is 1.79. The van der Waals surface area contributed by atoms with Crippen LogP contribution in [0, 0.1) is 0 Å². The second kappa shape index (κ2) is 6.25. The lowest BCUT2D eigenvalue weighted by molar-refractivity contribution is 0.386. The molecule has 1 heterocycles. The van der Waals surface area contributed by atoms with Crippen molar-refractivity contribution >= 4 is 5.69 Å². The van der Waals surface area contributed by atoms with Crippen LogP contribution in [0.4, 0.5) is 5.69 Å². The molecule has 3 rings (SSSR count). The summed E-state index contributed by atoms with van der Waals surface area (Å²) in [4.78, 5) is 0. The van der Waals surface area contributed by atoms with Crippen molar-refractivity contribution in [1.29, 1.82) is 0 Å². The molecule has 0 spiro atoms. The number of hydrogen-bond acceptors (Lipinski definition) is 5. The zero-order valence-corrected chi connectivity index (χ0v) is 12.8. The van der Waals surface area contributed by atoms with Crippen molar-refractivity contribution in [3.8, 4) is 11.5 Å². The van der Waals surface area contributed by atoms with Gasteiger partial charge in [-0.05, 0) is 30.2 Å². The Hall–Kier alpha value is -2.24. The smallest absolute Gasteiger partial charge is 0.127 e. The van der Waals surface area contributed by atoms with E-state index in [4.69, 9.17) is 15.2 Å². The number of nitrogens with one attached hydrogen (secondary N) is 2. The highest BCUT2D eigenvalue weighted by molar-refractivity contribution is 5.44. The monoisotopic (exact) mass is 299 g/mol. The molecule has 22 heavy (non-hydrogen) atoms. The number of nitrogen functional groups attached to an aromatic ring is 1. The summed E-state index contributed by atoms with van der Waals surface area (Å²) in [7, 11) is 3.33. The van der Waals surface area contributed by atoms with Crippen molar-refractivity contribution in [2.45, 2.75) is 18.5 Å². The molecule has 2 atom stereocenters. The van der Waals surface area contributed by atoms with Gasteiger partial charge in [-0.2, -0.15) is 0 Å². The largest absolute Gasteiger partial charge is 0.497 e. The summed E-state index contributed by atoms with van der Waals surface area (Å²) in [6.07, 6.45) is 0.937. The fourth-order valence-electron chi connectivity index (χ4n) is 2.81. The van der Waals surface area contributed by atoms with Gasteiger partial charge in [0.2, 0.25) is 0 Å². The van der Waals surface area contributed by atoms with E-state index < -0.39 is 0 Å². The second-order valence-electron chi connectivity index (χ2n) is 5.40. The molecule has 2 aromatic carbocycles. The lowest BCUT2D eigenvalue weighted by atomic mass is 9.97. The molecular formula is C17H21N3O2. The average Bonchev–Trinajstić information content (AvgIpc) is 3.04. The Labute approximate surface area is 130 Å². The molecule has 1 aliphatic heterocycles. The molecule has 116 valence electrons. The van der Waals surface area contributed by atoms with Crippen LogP contribution in [0.15, 0.2) is 42.5 Å². The van der Waals surface area contributed by atoms with E-state index in [9.17, 15) is 0 Å². The van der Waals surface area contributed by atoms with Crippen molar-refractivity contribution in [2.75, 3.05) is 20.0 Å². The third kappa shape index (κ3) is 2.86. The van der Waals surface area contributed by atoms with E-state index in [2.05, 4.69) is 23.0 Å². The summed E-state index contributed by atoms with van der Waals surface area (Å²) in [6.45, 7) is 0. The number of nitrogens with two attached hydrogens (primary N) is 1. The van der Waals surface area contributed by atoms with Crippen LogP contribution in [0.3, 0.4) is 0 Å². The minimum absolute atomic E-state index is 0.184. The third-order valence-electron chi connectivity index (χ3n) is 4.06. The van der Waals surface area contributed by atoms with Crippen molar-refractivity contribution in [1.82, 2.24) is 10.9 Å². The molecule has 4 N–H and O–H groups in total. The maximum absolute atomic E-state index is 5.74. The van der Waals surface area contributed by atoms with Gasteiger partial charge in [0.15, 0.2) is 0 Å². The van der Waals surface area contributed by atoms with Gasteiger partial charge in [-0.3, -0.25) is 0 Å². The molecule has 1 saturated heterocycles. The minimum Gasteiger partial charge on any atom is -0.497 e. The van der Waals surface area contributed by atoms with Crippen molar-refractivity contribution in [2.24, 2.45) is 0 Å². The first-order valence-corrected chi connectivity index (χ1v) is 7.29. The third-order valence-corrected chi connectivity index (χ3v) is 4.06. The van der Waals surface area contributed by atoms with Gasteiger partial charge in [0.25, 0.3) is 0 Å². The standard InChI is InChI=1S/C17H21N3O2/c1-21-13-7-8-14(17(9-13)22-2)16-10-15(19-20-16)11-3-5-12(18)6-4-11/h3-9,15-16,19-20H,10,18H2,1-2H3. The average molecular weight is 299 g/mol. The zero-order valence-electron chi connectivity index (χ0n) is 12.8. The summed E-state index contributed by atoms with van der Waals surface area (Å²) in [6, 6.07) is 14.3. The van der Waals surface area contributed by atoms with Crippen LogP contribution in [0.2, 0.25) is 0 Å². The van der Waals surface area contributed by atoms with Gasteiger partial charge in [-0.15, -0.1) is 0 Å². The summed E-state index contributed by atoms with van der Waals surface area (Å²) in [5, 5.41) is 0. The lowest BCUT2D eigenvalue weighted by Gasteiger charge is -2.15. The molecule has 2 unspecified atom stereocenters. The molecule has 1 aliphatic rings. The zero-order chi connectivity index (χ0) is 15.5. The Kier molecular flexibility index (Phi) is 4.18. The Bertz CT molecular complexity index is 643. The number of rotatable bonds is 4. The second-order valence-corrected chi connectivity index (χ2v) is 5.40. The SMILES string of the molecule is COc1ccc(C2CC(c3ccc(N)cc3)NN2)c(OC)c1. The molecule has 0 aliphatic carbocycles. The highest BCUT2D eigenvalue weighted by atomic mass is 16.5. The van der Waals surface area contributed by atoms with Crippen LogP contribution < -0.4 is 26.1 Å². The highest BCUT2D eigenvalue weighted by Crippen LogP contribution is 2.36. The van der Waals surface area contributed by atoms with Gasteiger partial charge in [0.1, 0.15) is 11.5 Å². The molecule has 0 aromatic heterocycles. The first kappa shape index (κ1) is 14.7. The van der Waals surface area contributed by atoms with E-state index in [-0.39, 0.29) is 12.1 Å². The van der Waals surface area contributed by atoms with Crippen LogP contribution in [-0.4, -0.2) is 14.2 Å². The van der Waals surface area contributed by atoms with Crippen molar-refractivity contribution in [3.63, 3.8) is 0 Å². The van der Waals surface area contributed by atoms with E-state index in [0.717, 1.165) is 29.2 Å². The molecule has 2 aromatic rings. The van der Waals surface area contributed by atoms with E-state index in [1.165, 1.54) is 5.56 Å². The molecular weight excluding hydrogens is 278 g/mol. The van der Waals surface area contributed by atoms with Gasteiger partial charge in [-0.1, -0.05) is 18.2 Å². The van der Waals surface area contributed by atoms with Crippen molar-refractivity contribution < 1.29 is 9.47 Å². The molecule has 1 fully saturated rings. The fourth-order valence-corrected chi connectivity index (χ4v) is 2.81. The Morgan fingerprint density at radius 3 is 2.36 bits per heavy atom. The van der Waals surface area contributed by atoms with Crippen LogP contribution >= 0.6 is 0 Å². The summed E-state index contributed by atoms with van der Waals surface area (Å²) in [5.41, 5.74) is 15.6. The van der Waals surface area contributed by atoms with Crippen LogP contribution in [-0.2, 0) is 0 Å². The van der Waals surface area contributed by atoms with Gasteiger partial charge in [-0.25, -0.2) is 10.9 Å².